The molecule has 0 aliphatic heterocycles. The zero-order chi connectivity index (χ0) is 12.1. The highest BCUT2D eigenvalue weighted by Gasteiger charge is 2.07. The fourth-order valence-electron chi connectivity index (χ4n) is 1.62. The minimum atomic E-state index is 0.511. The molecule has 0 spiro atoms. The SMILES string of the molecule is C=Cc1c(-c2ccncc2)ccnc1NC#N. The lowest BCUT2D eigenvalue weighted by atomic mass is 10.0. The summed E-state index contributed by atoms with van der Waals surface area (Å²) in [6, 6.07) is 5.69. The summed E-state index contributed by atoms with van der Waals surface area (Å²) in [5.74, 6) is 0.511. The first kappa shape index (κ1) is 10.8. The van der Waals surface area contributed by atoms with Crippen molar-refractivity contribution in [3.63, 3.8) is 0 Å². The number of pyridine rings is 2. The van der Waals surface area contributed by atoms with E-state index in [4.69, 9.17) is 5.26 Å². The third kappa shape index (κ3) is 2.13. The van der Waals surface area contributed by atoms with Crippen LogP contribution in [0.15, 0.2) is 43.4 Å². The normalized spacial score (nSPS) is 9.35. The minimum absolute atomic E-state index is 0.511. The average molecular weight is 222 g/mol. The molecule has 0 bridgehead atoms. The average Bonchev–Trinajstić information content (AvgIpc) is 2.40. The van der Waals surface area contributed by atoms with Gasteiger partial charge in [0, 0.05) is 24.2 Å². The molecule has 4 nitrogen and oxygen atoms in total. The van der Waals surface area contributed by atoms with Crippen molar-refractivity contribution in [2.24, 2.45) is 0 Å². The molecule has 17 heavy (non-hydrogen) atoms. The van der Waals surface area contributed by atoms with E-state index in [1.165, 1.54) is 0 Å². The maximum atomic E-state index is 8.66. The van der Waals surface area contributed by atoms with Crippen LogP contribution in [0.3, 0.4) is 0 Å². The van der Waals surface area contributed by atoms with E-state index in [9.17, 15) is 0 Å². The highest BCUT2D eigenvalue weighted by atomic mass is 15.0. The third-order valence-electron chi connectivity index (χ3n) is 2.36. The maximum Gasteiger partial charge on any atom is 0.182 e. The quantitative estimate of drug-likeness (QED) is 0.640. The third-order valence-corrected chi connectivity index (χ3v) is 2.36. The van der Waals surface area contributed by atoms with Crippen LogP contribution in [-0.4, -0.2) is 9.97 Å². The number of anilines is 1. The number of aromatic nitrogens is 2. The van der Waals surface area contributed by atoms with Crippen LogP contribution in [0.5, 0.6) is 0 Å². The van der Waals surface area contributed by atoms with Gasteiger partial charge in [0.25, 0.3) is 0 Å². The van der Waals surface area contributed by atoms with Gasteiger partial charge in [0.2, 0.25) is 0 Å². The van der Waals surface area contributed by atoms with Crippen molar-refractivity contribution in [1.82, 2.24) is 9.97 Å². The first-order chi connectivity index (χ1) is 8.36. The van der Waals surface area contributed by atoms with Crippen LogP contribution in [0.2, 0.25) is 0 Å². The zero-order valence-corrected chi connectivity index (χ0v) is 9.09. The van der Waals surface area contributed by atoms with Gasteiger partial charge in [-0.15, -0.1) is 0 Å². The zero-order valence-electron chi connectivity index (χ0n) is 9.09. The van der Waals surface area contributed by atoms with Crippen molar-refractivity contribution >= 4 is 11.9 Å². The molecular weight excluding hydrogens is 212 g/mol. The molecule has 0 radical (unpaired) electrons. The molecular formula is C13H10N4. The van der Waals surface area contributed by atoms with E-state index in [1.807, 2.05) is 24.4 Å². The van der Waals surface area contributed by atoms with Crippen LogP contribution in [0.25, 0.3) is 17.2 Å². The molecule has 4 heteroatoms. The highest BCUT2D eigenvalue weighted by molar-refractivity contribution is 5.80. The van der Waals surface area contributed by atoms with Gasteiger partial charge < -0.3 is 0 Å². The molecule has 0 fully saturated rings. The lowest BCUT2D eigenvalue weighted by Crippen LogP contribution is -1.96. The molecule has 2 heterocycles. The highest BCUT2D eigenvalue weighted by Crippen LogP contribution is 2.27. The van der Waals surface area contributed by atoms with E-state index in [0.29, 0.717) is 5.82 Å². The summed E-state index contributed by atoms with van der Waals surface area (Å²) in [4.78, 5) is 8.08. The number of rotatable bonds is 3. The van der Waals surface area contributed by atoms with E-state index in [1.54, 1.807) is 24.7 Å². The maximum absolute atomic E-state index is 8.66. The summed E-state index contributed by atoms with van der Waals surface area (Å²) >= 11 is 0. The molecule has 0 amide bonds. The van der Waals surface area contributed by atoms with Gasteiger partial charge in [0.15, 0.2) is 6.19 Å². The molecule has 0 aliphatic rings. The number of nitrogens with one attached hydrogen (secondary N) is 1. The molecule has 82 valence electrons. The predicted octanol–water partition coefficient (Wildman–Crippen LogP) is 2.68. The molecule has 2 aromatic rings. The Morgan fingerprint density at radius 1 is 1.24 bits per heavy atom. The topological polar surface area (TPSA) is 61.6 Å². The molecule has 2 rings (SSSR count). The molecule has 0 atom stereocenters. The molecule has 1 N–H and O–H groups in total. The summed E-state index contributed by atoms with van der Waals surface area (Å²) in [7, 11) is 0. The monoisotopic (exact) mass is 222 g/mol. The Labute approximate surface area is 99.3 Å². The van der Waals surface area contributed by atoms with Gasteiger partial charge in [0.1, 0.15) is 5.82 Å². The van der Waals surface area contributed by atoms with Gasteiger partial charge >= 0.3 is 0 Å². The Hall–Kier alpha value is -2.67. The van der Waals surface area contributed by atoms with Crippen LogP contribution in [0.1, 0.15) is 5.56 Å². The Balaban J connectivity index is 2.59. The van der Waals surface area contributed by atoms with Gasteiger partial charge in [-0.05, 0) is 29.3 Å². The standard InChI is InChI=1S/C13H10N4/c1-2-11-12(10-3-6-15-7-4-10)5-8-16-13(11)17-9-14/h2-8H,1H2,(H,16,17). The number of nitrogens with zero attached hydrogens (tertiary/aromatic N) is 3. The summed E-state index contributed by atoms with van der Waals surface area (Å²) in [6.45, 7) is 3.75. The molecule has 0 unspecified atom stereocenters. The lowest BCUT2D eigenvalue weighted by molar-refractivity contribution is 1.29. The van der Waals surface area contributed by atoms with Crippen molar-refractivity contribution in [2.75, 3.05) is 5.32 Å². The fourth-order valence-corrected chi connectivity index (χ4v) is 1.62. The lowest BCUT2D eigenvalue weighted by Gasteiger charge is -2.09. The Morgan fingerprint density at radius 3 is 2.65 bits per heavy atom. The van der Waals surface area contributed by atoms with E-state index in [2.05, 4.69) is 21.9 Å². The van der Waals surface area contributed by atoms with Crippen molar-refractivity contribution in [3.05, 3.63) is 48.9 Å². The van der Waals surface area contributed by atoms with Gasteiger partial charge in [0.05, 0.1) is 0 Å². The van der Waals surface area contributed by atoms with Crippen LogP contribution < -0.4 is 5.32 Å². The summed E-state index contributed by atoms with van der Waals surface area (Å²) in [5.41, 5.74) is 2.79. The summed E-state index contributed by atoms with van der Waals surface area (Å²) in [6.07, 6.45) is 8.65. The van der Waals surface area contributed by atoms with E-state index in [-0.39, 0.29) is 0 Å². The summed E-state index contributed by atoms with van der Waals surface area (Å²) in [5, 5.41) is 11.2. The van der Waals surface area contributed by atoms with E-state index in [0.717, 1.165) is 16.7 Å². The van der Waals surface area contributed by atoms with Crippen molar-refractivity contribution in [2.45, 2.75) is 0 Å². The van der Waals surface area contributed by atoms with E-state index < -0.39 is 0 Å². The number of hydrogen-bond donors (Lipinski definition) is 1. The second kappa shape index (κ2) is 4.90. The van der Waals surface area contributed by atoms with Crippen LogP contribution in [-0.2, 0) is 0 Å². The van der Waals surface area contributed by atoms with Crippen molar-refractivity contribution in [1.29, 1.82) is 5.26 Å². The molecule has 0 saturated carbocycles. The summed E-state index contributed by atoms with van der Waals surface area (Å²) < 4.78 is 0. The number of nitriles is 1. The number of hydrogen-bond acceptors (Lipinski definition) is 4. The van der Waals surface area contributed by atoms with Crippen LogP contribution >= 0.6 is 0 Å². The molecule has 0 saturated heterocycles. The Kier molecular flexibility index (Phi) is 3.13. The van der Waals surface area contributed by atoms with Crippen molar-refractivity contribution < 1.29 is 0 Å². The first-order valence-electron chi connectivity index (χ1n) is 5.03. The second-order valence-corrected chi connectivity index (χ2v) is 3.30. The van der Waals surface area contributed by atoms with Gasteiger partial charge in [-0.1, -0.05) is 12.7 Å². The van der Waals surface area contributed by atoms with Gasteiger partial charge in [-0.3, -0.25) is 10.3 Å². The molecule has 0 aromatic carbocycles. The van der Waals surface area contributed by atoms with Crippen LogP contribution in [0.4, 0.5) is 5.82 Å². The first-order valence-corrected chi connectivity index (χ1v) is 5.03. The van der Waals surface area contributed by atoms with Gasteiger partial charge in [-0.25, -0.2) is 4.98 Å². The van der Waals surface area contributed by atoms with Crippen molar-refractivity contribution in [3.8, 4) is 17.3 Å². The Morgan fingerprint density at radius 2 is 2.00 bits per heavy atom. The van der Waals surface area contributed by atoms with Gasteiger partial charge in [-0.2, -0.15) is 5.26 Å². The molecule has 2 aromatic heterocycles. The fraction of sp³-hybridized carbons (Fsp3) is 0. The minimum Gasteiger partial charge on any atom is -0.276 e. The largest absolute Gasteiger partial charge is 0.276 e. The molecule has 0 aliphatic carbocycles. The Bertz CT molecular complexity index is 570. The second-order valence-electron chi connectivity index (χ2n) is 3.30. The smallest absolute Gasteiger partial charge is 0.182 e. The van der Waals surface area contributed by atoms with E-state index >= 15 is 0 Å². The predicted molar refractivity (Wildman–Crippen MR) is 66.8 cm³/mol. The van der Waals surface area contributed by atoms with Crippen LogP contribution in [0, 0.1) is 11.5 Å².